The molecule has 0 aliphatic carbocycles. The van der Waals surface area contributed by atoms with E-state index in [0.717, 1.165) is 28.6 Å². The number of rotatable bonds is 10. The number of halogens is 1. The molecular formula is C20H24FNO7S. The Balaban J connectivity index is 2.48. The number of methoxy groups -OCH3 is 3. The molecule has 2 aromatic carbocycles. The molecule has 10 heteroatoms. The Kier molecular flexibility index (Phi) is 8.01. The van der Waals surface area contributed by atoms with Crippen LogP contribution in [0, 0.1) is 5.82 Å². The number of esters is 1. The molecule has 8 nitrogen and oxygen atoms in total. The van der Waals surface area contributed by atoms with Crippen molar-refractivity contribution in [1.29, 1.82) is 0 Å². The maximum absolute atomic E-state index is 13.2. The van der Waals surface area contributed by atoms with E-state index in [9.17, 15) is 17.6 Å². The zero-order valence-corrected chi connectivity index (χ0v) is 18.0. The minimum Gasteiger partial charge on any atom is -0.493 e. The van der Waals surface area contributed by atoms with Gasteiger partial charge in [0.2, 0.25) is 15.8 Å². The molecule has 0 radical (unpaired) electrons. The van der Waals surface area contributed by atoms with E-state index in [1.54, 1.807) is 19.1 Å². The van der Waals surface area contributed by atoms with Crippen LogP contribution in [0.15, 0.2) is 41.3 Å². The SMILES string of the molecule is CCOC(=O)CN(Cc1cc(OC)c(OC)c(OC)c1)S(=O)(=O)c1ccc(F)cc1. The lowest BCUT2D eigenvalue weighted by Crippen LogP contribution is -2.36. The summed E-state index contributed by atoms with van der Waals surface area (Å²) in [5.74, 6) is -0.266. The Bertz CT molecular complexity index is 952. The third-order valence-electron chi connectivity index (χ3n) is 4.15. The van der Waals surface area contributed by atoms with E-state index >= 15 is 0 Å². The summed E-state index contributed by atoms with van der Waals surface area (Å²) in [6.45, 7) is 1.02. The quantitative estimate of drug-likeness (QED) is 0.524. The van der Waals surface area contributed by atoms with E-state index in [2.05, 4.69) is 0 Å². The molecule has 0 bridgehead atoms. The van der Waals surface area contributed by atoms with E-state index in [-0.39, 0.29) is 18.0 Å². The molecule has 0 spiro atoms. The highest BCUT2D eigenvalue weighted by atomic mass is 32.2. The first kappa shape index (κ1) is 23.4. The van der Waals surface area contributed by atoms with Gasteiger partial charge in [0.15, 0.2) is 11.5 Å². The Hall–Kier alpha value is -2.85. The Labute approximate surface area is 175 Å². The molecule has 0 atom stereocenters. The van der Waals surface area contributed by atoms with Crippen LogP contribution in [0.5, 0.6) is 17.2 Å². The number of ether oxygens (including phenoxy) is 4. The third kappa shape index (κ3) is 5.39. The zero-order chi connectivity index (χ0) is 22.3. The molecule has 0 N–H and O–H groups in total. The van der Waals surface area contributed by atoms with E-state index in [1.807, 2.05) is 0 Å². The highest BCUT2D eigenvalue weighted by Gasteiger charge is 2.28. The van der Waals surface area contributed by atoms with Crippen LogP contribution < -0.4 is 14.2 Å². The van der Waals surface area contributed by atoms with Gasteiger partial charge in [-0.25, -0.2) is 12.8 Å². The van der Waals surface area contributed by atoms with E-state index in [4.69, 9.17) is 18.9 Å². The summed E-state index contributed by atoms with van der Waals surface area (Å²) in [6.07, 6.45) is 0. The van der Waals surface area contributed by atoms with Crippen LogP contribution in [0.3, 0.4) is 0 Å². The van der Waals surface area contributed by atoms with Gasteiger partial charge in [-0.3, -0.25) is 4.79 Å². The molecule has 2 aromatic rings. The van der Waals surface area contributed by atoms with Gasteiger partial charge in [-0.2, -0.15) is 4.31 Å². The molecule has 0 aliphatic heterocycles. The first-order valence-corrected chi connectivity index (χ1v) is 10.4. The van der Waals surface area contributed by atoms with Crippen molar-refractivity contribution in [3.63, 3.8) is 0 Å². The minimum absolute atomic E-state index is 0.105. The van der Waals surface area contributed by atoms with Gasteiger partial charge in [-0.15, -0.1) is 0 Å². The smallest absolute Gasteiger partial charge is 0.321 e. The number of sulfonamides is 1. The molecular weight excluding hydrogens is 417 g/mol. The van der Waals surface area contributed by atoms with Crippen molar-refractivity contribution in [2.45, 2.75) is 18.4 Å². The number of benzene rings is 2. The summed E-state index contributed by atoms with van der Waals surface area (Å²) in [4.78, 5) is 11.9. The van der Waals surface area contributed by atoms with Gasteiger partial charge >= 0.3 is 5.97 Å². The third-order valence-corrected chi connectivity index (χ3v) is 5.95. The van der Waals surface area contributed by atoms with Crippen LogP contribution in [0.25, 0.3) is 0 Å². The van der Waals surface area contributed by atoms with Crippen molar-refractivity contribution in [2.24, 2.45) is 0 Å². The maximum atomic E-state index is 13.2. The number of nitrogens with zero attached hydrogens (tertiary/aromatic N) is 1. The van der Waals surface area contributed by atoms with Crippen molar-refractivity contribution < 1.29 is 36.6 Å². The molecule has 0 unspecified atom stereocenters. The van der Waals surface area contributed by atoms with Crippen LogP contribution in [0.4, 0.5) is 4.39 Å². The number of carbonyl (C=O) groups is 1. The Morgan fingerprint density at radius 1 is 1.00 bits per heavy atom. The van der Waals surface area contributed by atoms with E-state index in [1.165, 1.54) is 21.3 Å². The first-order valence-electron chi connectivity index (χ1n) is 8.97. The van der Waals surface area contributed by atoms with Gasteiger partial charge in [0.25, 0.3) is 0 Å². The van der Waals surface area contributed by atoms with Crippen molar-refractivity contribution in [3.05, 3.63) is 47.8 Å². The summed E-state index contributed by atoms with van der Waals surface area (Å²) in [6, 6.07) is 7.51. The van der Waals surface area contributed by atoms with Crippen LogP contribution in [0.1, 0.15) is 12.5 Å². The van der Waals surface area contributed by atoms with Crippen molar-refractivity contribution in [2.75, 3.05) is 34.5 Å². The predicted octanol–water partition coefficient (Wildman–Crippen LogP) is 2.61. The minimum atomic E-state index is -4.13. The molecule has 0 amide bonds. The van der Waals surface area contributed by atoms with E-state index in [0.29, 0.717) is 22.8 Å². The topological polar surface area (TPSA) is 91.4 Å². The van der Waals surface area contributed by atoms with Crippen LogP contribution >= 0.6 is 0 Å². The molecule has 0 fully saturated rings. The molecule has 164 valence electrons. The van der Waals surface area contributed by atoms with Crippen molar-refractivity contribution in [1.82, 2.24) is 4.31 Å². The normalized spacial score (nSPS) is 11.3. The lowest BCUT2D eigenvalue weighted by Gasteiger charge is -2.22. The molecule has 0 heterocycles. The fraction of sp³-hybridized carbons (Fsp3) is 0.350. The number of hydrogen-bond donors (Lipinski definition) is 0. The second kappa shape index (κ2) is 10.3. The maximum Gasteiger partial charge on any atom is 0.321 e. The number of carbonyl (C=O) groups excluding carboxylic acids is 1. The molecule has 30 heavy (non-hydrogen) atoms. The second-order valence-corrected chi connectivity index (χ2v) is 8.00. The van der Waals surface area contributed by atoms with Gasteiger partial charge in [-0.05, 0) is 48.9 Å². The molecule has 0 saturated carbocycles. The summed E-state index contributed by atoms with van der Waals surface area (Å²) in [5.41, 5.74) is 0.486. The first-order chi connectivity index (χ1) is 14.3. The fourth-order valence-electron chi connectivity index (χ4n) is 2.76. The highest BCUT2D eigenvalue weighted by Crippen LogP contribution is 2.38. The highest BCUT2D eigenvalue weighted by molar-refractivity contribution is 7.89. The summed E-state index contributed by atoms with van der Waals surface area (Å²) >= 11 is 0. The lowest BCUT2D eigenvalue weighted by molar-refractivity contribution is -0.143. The van der Waals surface area contributed by atoms with Gasteiger partial charge in [-0.1, -0.05) is 0 Å². The summed E-state index contributed by atoms with van der Waals surface area (Å²) in [5, 5.41) is 0. The predicted molar refractivity (Wildman–Crippen MR) is 107 cm³/mol. The van der Waals surface area contributed by atoms with Gasteiger partial charge in [0.05, 0.1) is 32.8 Å². The zero-order valence-electron chi connectivity index (χ0n) is 17.2. The van der Waals surface area contributed by atoms with Crippen LogP contribution in [0.2, 0.25) is 0 Å². The van der Waals surface area contributed by atoms with Gasteiger partial charge in [0.1, 0.15) is 12.4 Å². The second-order valence-electron chi connectivity index (χ2n) is 6.07. The van der Waals surface area contributed by atoms with E-state index < -0.39 is 28.4 Å². The lowest BCUT2D eigenvalue weighted by atomic mass is 10.1. The molecule has 2 rings (SSSR count). The van der Waals surface area contributed by atoms with Crippen molar-refractivity contribution in [3.8, 4) is 17.2 Å². The standard InChI is InChI=1S/C20H24FNO7S/c1-5-29-19(23)13-22(30(24,25)16-8-6-15(21)7-9-16)12-14-10-17(26-2)20(28-4)18(11-14)27-3/h6-11H,5,12-13H2,1-4H3. The Morgan fingerprint density at radius 3 is 2.03 bits per heavy atom. The summed E-state index contributed by atoms with van der Waals surface area (Å²) in [7, 11) is 0.194. The molecule has 0 saturated heterocycles. The monoisotopic (exact) mass is 441 g/mol. The molecule has 0 aliphatic rings. The fourth-order valence-corrected chi connectivity index (χ4v) is 4.13. The number of hydrogen-bond acceptors (Lipinski definition) is 7. The van der Waals surface area contributed by atoms with Gasteiger partial charge < -0.3 is 18.9 Å². The summed E-state index contributed by atoms with van der Waals surface area (Å²) < 4.78 is 61.2. The average Bonchev–Trinajstić information content (AvgIpc) is 2.72. The van der Waals surface area contributed by atoms with Crippen molar-refractivity contribution >= 4 is 16.0 Å². The van der Waals surface area contributed by atoms with Crippen LogP contribution in [-0.4, -0.2) is 53.2 Å². The van der Waals surface area contributed by atoms with Gasteiger partial charge in [0, 0.05) is 6.54 Å². The van der Waals surface area contributed by atoms with Crippen LogP contribution in [-0.2, 0) is 26.1 Å². The molecule has 0 aromatic heterocycles. The largest absolute Gasteiger partial charge is 0.493 e. The average molecular weight is 441 g/mol. The Morgan fingerprint density at radius 2 is 1.57 bits per heavy atom.